The summed E-state index contributed by atoms with van der Waals surface area (Å²) < 4.78 is 0. The second kappa shape index (κ2) is 5.10. The topological polar surface area (TPSA) is 26.0 Å². The van der Waals surface area contributed by atoms with Gasteiger partial charge in [0.15, 0.2) is 0 Å². The van der Waals surface area contributed by atoms with Crippen molar-refractivity contribution < 1.29 is 0 Å². The summed E-state index contributed by atoms with van der Waals surface area (Å²) in [5, 5.41) is 0. The Morgan fingerprint density at radius 3 is 2.74 bits per heavy atom. The summed E-state index contributed by atoms with van der Waals surface area (Å²) in [6, 6.07) is 9.18. The number of hydrogen-bond acceptors (Lipinski definition) is 2. The Labute approximate surface area is 119 Å². The van der Waals surface area contributed by atoms with Gasteiger partial charge in [0.05, 0.1) is 0 Å². The fraction of sp³-hybridized carbons (Fsp3) is 0.412. The lowest BCUT2D eigenvalue weighted by atomic mass is 10.0. The molecule has 1 nitrogen and oxygen atoms in total. The molecule has 3 rings (SSSR count). The Morgan fingerprint density at radius 1 is 1.16 bits per heavy atom. The Bertz CT molecular complexity index is 576. The molecule has 0 aliphatic heterocycles. The molecular formula is C17H21NS. The predicted molar refractivity (Wildman–Crippen MR) is 82.9 cm³/mol. The number of hydrogen-bond donors (Lipinski definition) is 1. The number of thiophene rings is 1. The minimum Gasteiger partial charge on any atom is -0.323 e. The molecule has 0 spiro atoms. The molecule has 1 aliphatic rings. The highest BCUT2D eigenvalue weighted by molar-refractivity contribution is 7.12. The summed E-state index contributed by atoms with van der Waals surface area (Å²) in [7, 11) is 0. The van der Waals surface area contributed by atoms with Gasteiger partial charge in [-0.2, -0.15) is 0 Å². The molecule has 0 saturated carbocycles. The molecule has 0 amide bonds. The van der Waals surface area contributed by atoms with Crippen molar-refractivity contribution in [1.82, 2.24) is 0 Å². The van der Waals surface area contributed by atoms with Crippen molar-refractivity contribution in [3.63, 3.8) is 0 Å². The fourth-order valence-electron chi connectivity index (χ4n) is 2.82. The zero-order valence-electron chi connectivity index (χ0n) is 11.7. The minimum atomic E-state index is 0.151. The SMILES string of the molecule is Cc1ccc(CC(N)c2cc3c(s2)CCC3)cc1C. The fourth-order valence-corrected chi connectivity index (χ4v) is 4.08. The first-order chi connectivity index (χ1) is 9.13. The van der Waals surface area contributed by atoms with Crippen LogP contribution in [0.25, 0.3) is 0 Å². The van der Waals surface area contributed by atoms with E-state index >= 15 is 0 Å². The van der Waals surface area contributed by atoms with Crippen LogP contribution in [0.3, 0.4) is 0 Å². The normalized spacial score (nSPS) is 15.5. The lowest BCUT2D eigenvalue weighted by Gasteiger charge is -2.11. The van der Waals surface area contributed by atoms with Crippen LogP contribution in [0.15, 0.2) is 24.3 Å². The molecule has 1 heterocycles. The van der Waals surface area contributed by atoms with E-state index in [-0.39, 0.29) is 6.04 Å². The summed E-state index contributed by atoms with van der Waals surface area (Å²) in [5.41, 5.74) is 12.0. The van der Waals surface area contributed by atoms with Crippen LogP contribution in [0.5, 0.6) is 0 Å². The van der Waals surface area contributed by atoms with E-state index in [0.717, 1.165) is 6.42 Å². The van der Waals surface area contributed by atoms with Gasteiger partial charge < -0.3 is 5.73 Å². The first-order valence-corrected chi connectivity index (χ1v) is 7.88. The Kier molecular flexibility index (Phi) is 3.46. The smallest absolute Gasteiger partial charge is 0.0430 e. The van der Waals surface area contributed by atoms with Gasteiger partial charge in [0, 0.05) is 15.8 Å². The number of aryl methyl sites for hydroxylation is 4. The maximum Gasteiger partial charge on any atom is 0.0430 e. The Hall–Kier alpha value is -1.12. The monoisotopic (exact) mass is 271 g/mol. The van der Waals surface area contributed by atoms with Gasteiger partial charge in [0.25, 0.3) is 0 Å². The van der Waals surface area contributed by atoms with Crippen LogP contribution in [0, 0.1) is 13.8 Å². The zero-order valence-corrected chi connectivity index (χ0v) is 12.5. The van der Waals surface area contributed by atoms with E-state index in [4.69, 9.17) is 5.73 Å². The summed E-state index contributed by atoms with van der Waals surface area (Å²) in [6.07, 6.45) is 4.78. The van der Waals surface area contributed by atoms with Crippen LogP contribution in [0.2, 0.25) is 0 Å². The highest BCUT2D eigenvalue weighted by atomic mass is 32.1. The highest BCUT2D eigenvalue weighted by Gasteiger charge is 2.18. The van der Waals surface area contributed by atoms with Crippen molar-refractivity contribution in [2.24, 2.45) is 5.73 Å². The predicted octanol–water partition coefficient (Wildman–Crippen LogP) is 4.10. The average Bonchev–Trinajstić information content (AvgIpc) is 2.94. The van der Waals surface area contributed by atoms with E-state index in [1.807, 2.05) is 11.3 Å². The molecule has 1 atom stereocenters. The molecule has 0 fully saturated rings. The third-order valence-electron chi connectivity index (χ3n) is 4.16. The van der Waals surface area contributed by atoms with Crippen LogP contribution >= 0.6 is 11.3 Å². The second-order valence-corrected chi connectivity index (χ2v) is 6.85. The van der Waals surface area contributed by atoms with Crippen molar-refractivity contribution >= 4 is 11.3 Å². The van der Waals surface area contributed by atoms with Gasteiger partial charge in [0.2, 0.25) is 0 Å². The molecule has 1 unspecified atom stereocenters. The molecule has 2 heteroatoms. The quantitative estimate of drug-likeness (QED) is 0.893. The summed E-state index contributed by atoms with van der Waals surface area (Å²) >= 11 is 1.93. The summed E-state index contributed by atoms with van der Waals surface area (Å²) in [6.45, 7) is 4.33. The molecule has 2 N–H and O–H groups in total. The second-order valence-electron chi connectivity index (χ2n) is 5.68. The van der Waals surface area contributed by atoms with Gasteiger partial charge in [-0.15, -0.1) is 11.3 Å². The van der Waals surface area contributed by atoms with Gasteiger partial charge in [-0.1, -0.05) is 18.2 Å². The average molecular weight is 271 g/mol. The maximum absolute atomic E-state index is 6.39. The molecule has 2 aromatic rings. The van der Waals surface area contributed by atoms with E-state index in [9.17, 15) is 0 Å². The first-order valence-electron chi connectivity index (χ1n) is 7.06. The number of fused-ring (bicyclic) bond motifs is 1. The lowest BCUT2D eigenvalue weighted by molar-refractivity contribution is 0.734. The van der Waals surface area contributed by atoms with Crippen LogP contribution in [0.1, 0.15) is 44.5 Å². The molecule has 0 radical (unpaired) electrons. The van der Waals surface area contributed by atoms with Crippen LogP contribution in [0.4, 0.5) is 0 Å². The van der Waals surface area contributed by atoms with Gasteiger partial charge in [0.1, 0.15) is 0 Å². The van der Waals surface area contributed by atoms with E-state index in [0.29, 0.717) is 0 Å². The van der Waals surface area contributed by atoms with Crippen LogP contribution in [-0.2, 0) is 19.3 Å². The first kappa shape index (κ1) is 12.9. The van der Waals surface area contributed by atoms with Crippen molar-refractivity contribution in [3.8, 4) is 0 Å². The zero-order chi connectivity index (χ0) is 13.4. The molecule has 0 saturated heterocycles. The molecule has 1 aromatic carbocycles. The maximum atomic E-state index is 6.39. The van der Waals surface area contributed by atoms with Gasteiger partial charge in [-0.3, -0.25) is 0 Å². The van der Waals surface area contributed by atoms with E-state index in [1.54, 1.807) is 10.4 Å². The molecular weight excluding hydrogens is 250 g/mol. The van der Waals surface area contributed by atoms with Crippen LogP contribution in [-0.4, -0.2) is 0 Å². The third kappa shape index (κ3) is 2.60. The van der Waals surface area contributed by atoms with Crippen LogP contribution < -0.4 is 5.73 Å². The molecule has 0 bridgehead atoms. The Morgan fingerprint density at radius 2 is 2.00 bits per heavy atom. The van der Waals surface area contributed by atoms with Gasteiger partial charge in [-0.25, -0.2) is 0 Å². The lowest BCUT2D eigenvalue weighted by Crippen LogP contribution is -2.12. The third-order valence-corrected chi connectivity index (χ3v) is 5.53. The molecule has 1 aromatic heterocycles. The van der Waals surface area contributed by atoms with Crippen molar-refractivity contribution in [1.29, 1.82) is 0 Å². The van der Waals surface area contributed by atoms with E-state index in [1.165, 1.54) is 40.8 Å². The molecule has 100 valence electrons. The van der Waals surface area contributed by atoms with Crippen molar-refractivity contribution in [2.75, 3.05) is 0 Å². The number of benzene rings is 1. The number of nitrogens with two attached hydrogens (primary N) is 1. The van der Waals surface area contributed by atoms with E-state index < -0.39 is 0 Å². The van der Waals surface area contributed by atoms with Crippen molar-refractivity contribution in [2.45, 2.75) is 45.6 Å². The highest BCUT2D eigenvalue weighted by Crippen LogP contribution is 2.34. The summed E-state index contributed by atoms with van der Waals surface area (Å²) in [4.78, 5) is 2.94. The van der Waals surface area contributed by atoms with Gasteiger partial charge in [-0.05, 0) is 67.9 Å². The number of rotatable bonds is 3. The summed E-state index contributed by atoms with van der Waals surface area (Å²) in [5.74, 6) is 0. The Balaban J connectivity index is 1.76. The molecule has 1 aliphatic carbocycles. The minimum absolute atomic E-state index is 0.151. The van der Waals surface area contributed by atoms with Crippen molar-refractivity contribution in [3.05, 3.63) is 56.3 Å². The largest absolute Gasteiger partial charge is 0.323 e. The van der Waals surface area contributed by atoms with E-state index in [2.05, 4.69) is 38.1 Å². The van der Waals surface area contributed by atoms with Gasteiger partial charge >= 0.3 is 0 Å². The molecule has 19 heavy (non-hydrogen) atoms. The standard InChI is InChI=1S/C17H21NS/c1-11-6-7-13(8-12(11)2)9-15(18)17-10-14-4-3-5-16(14)19-17/h6-8,10,15H,3-5,9,18H2,1-2H3.